The molecule has 0 bridgehead atoms. The molecule has 1 unspecified atom stereocenters. The maximum absolute atomic E-state index is 12.3. The van der Waals surface area contributed by atoms with Crippen molar-refractivity contribution >= 4 is 28.7 Å². The second kappa shape index (κ2) is 10.0. The van der Waals surface area contributed by atoms with E-state index in [1.165, 1.54) is 19.3 Å². The van der Waals surface area contributed by atoms with Crippen molar-refractivity contribution in [1.82, 2.24) is 20.8 Å². The van der Waals surface area contributed by atoms with Crippen LogP contribution < -0.4 is 10.6 Å². The SMILES string of the molecule is CC(OC(=O)CCNC(=O)c1n[nH]c2ccccc12)C(=O)NCC1CCCCC1. The van der Waals surface area contributed by atoms with Crippen LogP contribution in [0.3, 0.4) is 0 Å². The first-order valence-corrected chi connectivity index (χ1v) is 10.2. The van der Waals surface area contributed by atoms with Crippen LogP contribution in [-0.4, -0.2) is 47.2 Å². The fourth-order valence-corrected chi connectivity index (χ4v) is 3.59. The average molecular weight is 400 g/mol. The Labute approximate surface area is 169 Å². The van der Waals surface area contributed by atoms with Gasteiger partial charge in [-0.2, -0.15) is 5.10 Å². The summed E-state index contributed by atoms with van der Waals surface area (Å²) >= 11 is 0. The van der Waals surface area contributed by atoms with Crippen molar-refractivity contribution in [2.45, 2.75) is 51.6 Å². The maximum atomic E-state index is 12.3. The van der Waals surface area contributed by atoms with Gasteiger partial charge >= 0.3 is 5.97 Å². The summed E-state index contributed by atoms with van der Waals surface area (Å²) in [6, 6.07) is 7.31. The number of benzene rings is 1. The predicted molar refractivity (Wildman–Crippen MR) is 108 cm³/mol. The smallest absolute Gasteiger partial charge is 0.308 e. The number of aromatic nitrogens is 2. The van der Waals surface area contributed by atoms with E-state index in [0.717, 1.165) is 23.7 Å². The topological polar surface area (TPSA) is 113 Å². The molecule has 156 valence electrons. The number of rotatable bonds is 8. The number of para-hydroxylation sites is 1. The number of carbonyl (C=O) groups excluding carboxylic acids is 3. The van der Waals surface area contributed by atoms with Gasteiger partial charge in [-0.3, -0.25) is 19.5 Å². The summed E-state index contributed by atoms with van der Waals surface area (Å²) in [5.41, 5.74) is 1.05. The van der Waals surface area contributed by atoms with Crippen LogP contribution in [0.4, 0.5) is 0 Å². The minimum absolute atomic E-state index is 0.0195. The molecule has 2 aromatic rings. The van der Waals surface area contributed by atoms with E-state index in [9.17, 15) is 14.4 Å². The Hall–Kier alpha value is -2.90. The van der Waals surface area contributed by atoms with Crippen molar-refractivity contribution in [1.29, 1.82) is 0 Å². The highest BCUT2D eigenvalue weighted by Crippen LogP contribution is 2.22. The Morgan fingerprint density at radius 1 is 1.17 bits per heavy atom. The van der Waals surface area contributed by atoms with Gasteiger partial charge in [-0.25, -0.2) is 0 Å². The summed E-state index contributed by atoms with van der Waals surface area (Å²) in [7, 11) is 0. The standard InChI is InChI=1S/C21H28N4O4/c1-14(20(27)23-13-15-7-3-2-4-8-15)29-18(26)11-12-22-21(28)19-16-9-5-6-10-17(16)24-25-19/h5-6,9-10,14-15H,2-4,7-8,11-13H2,1H3,(H,22,28)(H,23,27)(H,24,25). The molecular formula is C21H28N4O4. The quantitative estimate of drug-likeness (QED) is 0.589. The van der Waals surface area contributed by atoms with Crippen molar-refractivity contribution in [2.75, 3.05) is 13.1 Å². The molecule has 1 aromatic heterocycles. The number of amides is 2. The lowest BCUT2D eigenvalue weighted by Gasteiger charge is -2.22. The minimum Gasteiger partial charge on any atom is -0.452 e. The lowest BCUT2D eigenvalue weighted by Crippen LogP contribution is -2.39. The highest BCUT2D eigenvalue weighted by atomic mass is 16.5. The first-order valence-electron chi connectivity index (χ1n) is 10.2. The number of carbonyl (C=O) groups is 3. The minimum atomic E-state index is -0.850. The number of nitrogens with zero attached hydrogens (tertiary/aromatic N) is 1. The predicted octanol–water partition coefficient (Wildman–Crippen LogP) is 2.31. The largest absolute Gasteiger partial charge is 0.452 e. The third kappa shape index (κ3) is 5.79. The van der Waals surface area contributed by atoms with Crippen LogP contribution in [-0.2, 0) is 14.3 Å². The van der Waals surface area contributed by atoms with E-state index >= 15 is 0 Å². The first kappa shape index (κ1) is 20.8. The summed E-state index contributed by atoms with van der Waals surface area (Å²) in [5.74, 6) is -0.661. The fraction of sp³-hybridized carbons (Fsp3) is 0.524. The molecule has 29 heavy (non-hydrogen) atoms. The van der Waals surface area contributed by atoms with Gasteiger partial charge < -0.3 is 15.4 Å². The zero-order valence-electron chi connectivity index (χ0n) is 16.7. The summed E-state index contributed by atoms with van der Waals surface area (Å²) in [4.78, 5) is 36.3. The molecule has 1 saturated carbocycles. The molecule has 1 atom stereocenters. The van der Waals surface area contributed by atoms with Crippen LogP contribution in [0.5, 0.6) is 0 Å². The van der Waals surface area contributed by atoms with Gasteiger partial charge in [-0.15, -0.1) is 0 Å². The molecule has 8 heteroatoms. The molecule has 0 saturated heterocycles. The molecular weight excluding hydrogens is 372 g/mol. The van der Waals surface area contributed by atoms with E-state index in [4.69, 9.17) is 4.74 Å². The Balaban J connectivity index is 1.36. The van der Waals surface area contributed by atoms with Gasteiger partial charge in [-0.05, 0) is 31.7 Å². The van der Waals surface area contributed by atoms with Crippen LogP contribution >= 0.6 is 0 Å². The third-order valence-corrected chi connectivity index (χ3v) is 5.27. The molecule has 3 rings (SSSR count). The van der Waals surface area contributed by atoms with Gasteiger partial charge in [-0.1, -0.05) is 37.5 Å². The molecule has 1 aromatic carbocycles. The maximum Gasteiger partial charge on any atom is 0.308 e. The van der Waals surface area contributed by atoms with E-state index in [2.05, 4.69) is 20.8 Å². The number of ether oxygens (including phenoxy) is 1. The van der Waals surface area contributed by atoms with E-state index in [1.807, 2.05) is 18.2 Å². The number of fused-ring (bicyclic) bond motifs is 1. The number of H-pyrrole nitrogens is 1. The molecule has 1 aliphatic rings. The summed E-state index contributed by atoms with van der Waals surface area (Å²) in [6.07, 6.45) is 5.10. The Morgan fingerprint density at radius 2 is 1.93 bits per heavy atom. The van der Waals surface area contributed by atoms with E-state index in [1.54, 1.807) is 13.0 Å². The average Bonchev–Trinajstić information content (AvgIpc) is 3.17. The van der Waals surface area contributed by atoms with Gasteiger partial charge in [0.1, 0.15) is 0 Å². The lowest BCUT2D eigenvalue weighted by molar-refractivity contribution is -0.154. The Kier molecular flexibility index (Phi) is 7.21. The molecule has 2 amide bonds. The van der Waals surface area contributed by atoms with Gasteiger partial charge in [0.05, 0.1) is 11.9 Å². The zero-order valence-corrected chi connectivity index (χ0v) is 16.7. The second-order valence-electron chi connectivity index (χ2n) is 7.50. The first-order chi connectivity index (χ1) is 14.0. The highest BCUT2D eigenvalue weighted by Gasteiger charge is 2.20. The van der Waals surface area contributed by atoms with Crippen LogP contribution in [0.25, 0.3) is 10.9 Å². The molecule has 0 radical (unpaired) electrons. The molecule has 1 heterocycles. The Bertz CT molecular complexity index is 857. The number of aromatic amines is 1. The van der Waals surface area contributed by atoms with Gasteiger partial charge in [0, 0.05) is 18.5 Å². The number of esters is 1. The summed E-state index contributed by atoms with van der Waals surface area (Å²) in [6.45, 7) is 2.30. The van der Waals surface area contributed by atoms with Gasteiger partial charge in [0.25, 0.3) is 11.8 Å². The number of hydrogen-bond donors (Lipinski definition) is 3. The normalized spacial score (nSPS) is 15.6. The van der Waals surface area contributed by atoms with Crippen molar-refractivity contribution < 1.29 is 19.1 Å². The number of nitrogens with one attached hydrogen (secondary N) is 3. The van der Waals surface area contributed by atoms with Crippen molar-refractivity contribution in [2.24, 2.45) is 5.92 Å². The summed E-state index contributed by atoms with van der Waals surface area (Å²) in [5, 5.41) is 13.1. The molecule has 1 fully saturated rings. The third-order valence-electron chi connectivity index (χ3n) is 5.27. The summed E-state index contributed by atoms with van der Waals surface area (Å²) < 4.78 is 5.17. The fourth-order valence-electron chi connectivity index (χ4n) is 3.59. The van der Waals surface area contributed by atoms with Gasteiger partial charge in [0.2, 0.25) is 0 Å². The van der Waals surface area contributed by atoms with Crippen molar-refractivity contribution in [3.05, 3.63) is 30.0 Å². The molecule has 3 N–H and O–H groups in total. The van der Waals surface area contributed by atoms with Crippen LogP contribution in [0.1, 0.15) is 55.9 Å². The lowest BCUT2D eigenvalue weighted by atomic mass is 9.89. The highest BCUT2D eigenvalue weighted by molar-refractivity contribution is 6.04. The molecule has 0 spiro atoms. The second-order valence-corrected chi connectivity index (χ2v) is 7.50. The van der Waals surface area contributed by atoms with Crippen LogP contribution in [0.15, 0.2) is 24.3 Å². The molecule has 8 nitrogen and oxygen atoms in total. The van der Waals surface area contributed by atoms with Crippen LogP contribution in [0, 0.1) is 5.92 Å². The Morgan fingerprint density at radius 3 is 2.72 bits per heavy atom. The van der Waals surface area contributed by atoms with Gasteiger partial charge in [0.15, 0.2) is 11.8 Å². The van der Waals surface area contributed by atoms with E-state index in [-0.39, 0.29) is 30.5 Å². The zero-order chi connectivity index (χ0) is 20.6. The van der Waals surface area contributed by atoms with E-state index < -0.39 is 12.1 Å². The molecule has 1 aliphatic carbocycles. The van der Waals surface area contributed by atoms with Crippen molar-refractivity contribution in [3.63, 3.8) is 0 Å². The molecule has 0 aliphatic heterocycles. The number of hydrogen-bond acceptors (Lipinski definition) is 5. The van der Waals surface area contributed by atoms with Crippen LogP contribution in [0.2, 0.25) is 0 Å². The van der Waals surface area contributed by atoms with E-state index in [0.29, 0.717) is 12.5 Å². The monoisotopic (exact) mass is 400 g/mol. The van der Waals surface area contributed by atoms with Crippen molar-refractivity contribution in [3.8, 4) is 0 Å².